The number of aromatic nitrogens is 1. The summed E-state index contributed by atoms with van der Waals surface area (Å²) >= 11 is 0. The van der Waals surface area contributed by atoms with Gasteiger partial charge in [-0.25, -0.2) is 0 Å². The lowest BCUT2D eigenvalue weighted by atomic mass is 10.1. The molecule has 0 radical (unpaired) electrons. The zero-order valence-electron chi connectivity index (χ0n) is 10.5. The summed E-state index contributed by atoms with van der Waals surface area (Å²) in [5.41, 5.74) is 6.09. The van der Waals surface area contributed by atoms with Gasteiger partial charge >= 0.3 is 0 Å². The number of hydrogen-bond acceptors (Lipinski definition) is 3. The maximum Gasteiger partial charge on any atom is 0.286 e. The molecule has 0 spiro atoms. The number of H-pyrrole nitrogens is 1. The van der Waals surface area contributed by atoms with Gasteiger partial charge in [0.1, 0.15) is 5.69 Å². The molecule has 6 heteroatoms. The lowest BCUT2D eigenvalue weighted by Crippen LogP contribution is -2.41. The van der Waals surface area contributed by atoms with E-state index in [9.17, 15) is 9.59 Å². The van der Waals surface area contributed by atoms with Gasteiger partial charge in [-0.15, -0.1) is 0 Å². The van der Waals surface area contributed by atoms with Crippen LogP contribution in [0.5, 0.6) is 0 Å². The van der Waals surface area contributed by atoms with Gasteiger partial charge in [-0.3, -0.25) is 20.4 Å². The van der Waals surface area contributed by atoms with Crippen LogP contribution in [0.25, 0.3) is 0 Å². The summed E-state index contributed by atoms with van der Waals surface area (Å²) in [4.78, 5) is 26.2. The maximum absolute atomic E-state index is 11.9. The van der Waals surface area contributed by atoms with Crippen LogP contribution in [0.1, 0.15) is 26.4 Å². The first-order valence-corrected chi connectivity index (χ1v) is 5.90. The van der Waals surface area contributed by atoms with Gasteiger partial charge in [-0.2, -0.15) is 5.26 Å². The first kappa shape index (κ1) is 13.4. The standard InChI is InChI=1S/C14H12N4O2/c15-7-6-10-3-1-4-11(9-10)13(19)17-18-14(20)12-5-2-8-16-12/h1-5,8-9,16H,6H2,(H,17,19)(H,18,20). The van der Waals surface area contributed by atoms with Gasteiger partial charge in [-0.05, 0) is 29.8 Å². The normalized spacial score (nSPS) is 9.55. The number of aromatic amines is 1. The molecular formula is C14H12N4O2. The van der Waals surface area contributed by atoms with E-state index in [1.807, 2.05) is 6.07 Å². The Kier molecular flexibility index (Phi) is 4.14. The molecule has 0 saturated carbocycles. The van der Waals surface area contributed by atoms with E-state index >= 15 is 0 Å². The molecule has 6 nitrogen and oxygen atoms in total. The minimum atomic E-state index is -0.440. The molecule has 1 aromatic carbocycles. The lowest BCUT2D eigenvalue weighted by Gasteiger charge is -2.07. The molecule has 2 aromatic rings. The minimum Gasteiger partial charge on any atom is -0.357 e. The summed E-state index contributed by atoms with van der Waals surface area (Å²) in [6.07, 6.45) is 1.85. The number of nitriles is 1. The Balaban J connectivity index is 1.97. The van der Waals surface area contributed by atoms with Crippen molar-refractivity contribution in [3.05, 3.63) is 59.4 Å². The number of nitrogens with zero attached hydrogens (tertiary/aromatic N) is 1. The molecule has 0 atom stereocenters. The molecule has 2 amide bonds. The first-order chi connectivity index (χ1) is 9.70. The minimum absolute atomic E-state index is 0.232. The smallest absolute Gasteiger partial charge is 0.286 e. The van der Waals surface area contributed by atoms with Crippen LogP contribution in [0.3, 0.4) is 0 Å². The Bertz CT molecular complexity index is 656. The Hall–Kier alpha value is -3.07. The highest BCUT2D eigenvalue weighted by Crippen LogP contribution is 2.05. The van der Waals surface area contributed by atoms with Crippen LogP contribution in [-0.4, -0.2) is 16.8 Å². The molecule has 0 unspecified atom stereocenters. The quantitative estimate of drug-likeness (QED) is 0.728. The van der Waals surface area contributed by atoms with E-state index in [0.717, 1.165) is 5.56 Å². The average Bonchev–Trinajstić information content (AvgIpc) is 2.99. The van der Waals surface area contributed by atoms with Crippen LogP contribution in [0, 0.1) is 11.3 Å². The van der Waals surface area contributed by atoms with Gasteiger partial charge in [0.25, 0.3) is 11.8 Å². The summed E-state index contributed by atoms with van der Waals surface area (Å²) < 4.78 is 0. The van der Waals surface area contributed by atoms with Crippen molar-refractivity contribution in [2.75, 3.05) is 0 Å². The number of carbonyl (C=O) groups excluding carboxylic acids is 2. The van der Waals surface area contributed by atoms with Crippen molar-refractivity contribution in [2.45, 2.75) is 6.42 Å². The van der Waals surface area contributed by atoms with Crippen LogP contribution in [-0.2, 0) is 6.42 Å². The largest absolute Gasteiger partial charge is 0.357 e. The third-order valence-electron chi connectivity index (χ3n) is 2.60. The van der Waals surface area contributed by atoms with Gasteiger partial charge in [0.05, 0.1) is 12.5 Å². The van der Waals surface area contributed by atoms with E-state index in [4.69, 9.17) is 5.26 Å². The fraction of sp³-hybridized carbons (Fsp3) is 0.0714. The number of carbonyl (C=O) groups is 2. The molecule has 2 rings (SSSR count). The first-order valence-electron chi connectivity index (χ1n) is 5.90. The highest BCUT2D eigenvalue weighted by molar-refractivity contribution is 5.98. The predicted molar refractivity (Wildman–Crippen MR) is 71.5 cm³/mol. The number of hydrazine groups is 1. The van der Waals surface area contributed by atoms with E-state index in [1.165, 1.54) is 0 Å². The number of nitrogens with one attached hydrogen (secondary N) is 3. The summed E-state index contributed by atoms with van der Waals surface area (Å²) in [5.74, 6) is -0.874. The molecule has 20 heavy (non-hydrogen) atoms. The highest BCUT2D eigenvalue weighted by Gasteiger charge is 2.09. The van der Waals surface area contributed by atoms with Crippen molar-refractivity contribution in [1.29, 1.82) is 5.26 Å². The second-order valence-corrected chi connectivity index (χ2v) is 4.03. The number of amides is 2. The molecule has 0 aliphatic rings. The Morgan fingerprint density at radius 3 is 2.65 bits per heavy atom. The number of rotatable bonds is 3. The molecule has 1 heterocycles. The van der Waals surface area contributed by atoms with Crippen LogP contribution >= 0.6 is 0 Å². The van der Waals surface area contributed by atoms with E-state index in [0.29, 0.717) is 11.3 Å². The molecule has 0 fully saturated rings. The number of benzene rings is 1. The molecule has 0 aliphatic heterocycles. The van der Waals surface area contributed by atoms with Crippen molar-refractivity contribution < 1.29 is 9.59 Å². The molecule has 100 valence electrons. The van der Waals surface area contributed by atoms with Crippen LogP contribution < -0.4 is 10.9 Å². The fourth-order valence-electron chi connectivity index (χ4n) is 1.64. The number of hydrogen-bond donors (Lipinski definition) is 3. The molecule has 0 saturated heterocycles. The third kappa shape index (κ3) is 3.23. The zero-order valence-corrected chi connectivity index (χ0v) is 10.5. The van der Waals surface area contributed by atoms with Gasteiger partial charge in [-0.1, -0.05) is 12.1 Å². The fourth-order valence-corrected chi connectivity index (χ4v) is 1.64. The molecule has 3 N–H and O–H groups in total. The second-order valence-electron chi connectivity index (χ2n) is 4.03. The van der Waals surface area contributed by atoms with Crippen molar-refractivity contribution in [1.82, 2.24) is 15.8 Å². The molecule has 1 aromatic heterocycles. The summed E-state index contributed by atoms with van der Waals surface area (Å²) in [7, 11) is 0. The Labute approximate surface area is 115 Å². The monoisotopic (exact) mass is 268 g/mol. The highest BCUT2D eigenvalue weighted by atomic mass is 16.2. The molecule has 0 bridgehead atoms. The van der Waals surface area contributed by atoms with Crippen LogP contribution in [0.2, 0.25) is 0 Å². The van der Waals surface area contributed by atoms with Crippen molar-refractivity contribution >= 4 is 11.8 Å². The van der Waals surface area contributed by atoms with Crippen molar-refractivity contribution in [3.63, 3.8) is 0 Å². The van der Waals surface area contributed by atoms with Crippen molar-refractivity contribution in [3.8, 4) is 6.07 Å². The van der Waals surface area contributed by atoms with Crippen LogP contribution in [0.4, 0.5) is 0 Å². The van der Waals surface area contributed by atoms with E-state index in [2.05, 4.69) is 15.8 Å². The van der Waals surface area contributed by atoms with Crippen LogP contribution in [0.15, 0.2) is 42.6 Å². The lowest BCUT2D eigenvalue weighted by molar-refractivity contribution is 0.0844. The maximum atomic E-state index is 11.9. The van der Waals surface area contributed by atoms with E-state index in [1.54, 1.807) is 42.6 Å². The topological polar surface area (TPSA) is 97.8 Å². The Morgan fingerprint density at radius 2 is 1.95 bits per heavy atom. The Morgan fingerprint density at radius 1 is 1.15 bits per heavy atom. The second kappa shape index (κ2) is 6.20. The van der Waals surface area contributed by atoms with E-state index in [-0.39, 0.29) is 6.42 Å². The van der Waals surface area contributed by atoms with Gasteiger partial charge < -0.3 is 4.98 Å². The van der Waals surface area contributed by atoms with E-state index < -0.39 is 11.8 Å². The van der Waals surface area contributed by atoms with Gasteiger partial charge in [0, 0.05) is 11.8 Å². The van der Waals surface area contributed by atoms with Crippen molar-refractivity contribution in [2.24, 2.45) is 0 Å². The molecular weight excluding hydrogens is 256 g/mol. The van der Waals surface area contributed by atoms with Gasteiger partial charge in [0.15, 0.2) is 0 Å². The zero-order chi connectivity index (χ0) is 14.4. The average molecular weight is 268 g/mol. The van der Waals surface area contributed by atoms with Gasteiger partial charge in [0.2, 0.25) is 0 Å². The predicted octanol–water partition coefficient (Wildman–Crippen LogP) is 1.16. The summed E-state index contributed by atoms with van der Waals surface area (Å²) in [6, 6.07) is 12.0. The molecule has 0 aliphatic carbocycles. The summed E-state index contributed by atoms with van der Waals surface area (Å²) in [6.45, 7) is 0. The third-order valence-corrected chi connectivity index (χ3v) is 2.60. The summed E-state index contributed by atoms with van der Waals surface area (Å²) in [5, 5.41) is 8.62. The SMILES string of the molecule is N#CCc1cccc(C(=O)NNC(=O)c2ccc[nH]2)c1.